The number of fused-ring (bicyclic) bond motifs is 1. The molecule has 2 atom stereocenters. The number of benzene rings is 2. The molecule has 6 nitrogen and oxygen atoms in total. The number of methoxy groups -OCH3 is 2. The second-order valence-electron chi connectivity index (χ2n) is 8.08. The van der Waals surface area contributed by atoms with Crippen LogP contribution in [0.4, 0.5) is 9.18 Å². The van der Waals surface area contributed by atoms with Crippen molar-refractivity contribution in [3.63, 3.8) is 0 Å². The summed E-state index contributed by atoms with van der Waals surface area (Å²) in [6.07, 6.45) is 2.40. The molecule has 0 saturated heterocycles. The topological polar surface area (TPSA) is 62.8 Å². The van der Waals surface area contributed by atoms with Crippen LogP contribution >= 0.6 is 0 Å². The van der Waals surface area contributed by atoms with Crippen molar-refractivity contribution < 1.29 is 18.7 Å². The molecule has 1 heterocycles. The third kappa shape index (κ3) is 5.33. The third-order valence-corrected chi connectivity index (χ3v) is 6.03. The first-order valence-electron chi connectivity index (χ1n) is 11.3. The molecule has 3 rings (SSSR count). The zero-order valence-electron chi connectivity index (χ0n) is 19.4. The lowest BCUT2D eigenvalue weighted by Gasteiger charge is -2.42. The SMILES string of the molecule is CCCNC(=O)NC(CC)C1c2cc(OC)c(OC)cc2CCN1Cc1ccccc1F. The monoisotopic (exact) mass is 443 g/mol. The van der Waals surface area contributed by atoms with Crippen molar-refractivity contribution in [1.29, 1.82) is 0 Å². The van der Waals surface area contributed by atoms with Crippen molar-refractivity contribution in [3.8, 4) is 11.5 Å². The summed E-state index contributed by atoms with van der Waals surface area (Å²) in [4.78, 5) is 14.8. The van der Waals surface area contributed by atoms with Crippen molar-refractivity contribution in [2.24, 2.45) is 0 Å². The smallest absolute Gasteiger partial charge is 0.315 e. The second kappa shape index (κ2) is 11.2. The summed E-state index contributed by atoms with van der Waals surface area (Å²) >= 11 is 0. The van der Waals surface area contributed by atoms with Crippen molar-refractivity contribution in [2.75, 3.05) is 27.3 Å². The Morgan fingerprint density at radius 1 is 1.19 bits per heavy atom. The maximum Gasteiger partial charge on any atom is 0.315 e. The third-order valence-electron chi connectivity index (χ3n) is 6.03. The summed E-state index contributed by atoms with van der Waals surface area (Å²) in [5.74, 6) is 1.12. The number of nitrogens with one attached hydrogen (secondary N) is 2. The van der Waals surface area contributed by atoms with Gasteiger partial charge in [0.1, 0.15) is 5.82 Å². The molecule has 2 aromatic carbocycles. The molecular weight excluding hydrogens is 409 g/mol. The van der Waals surface area contributed by atoms with E-state index < -0.39 is 0 Å². The lowest BCUT2D eigenvalue weighted by molar-refractivity contribution is 0.134. The number of carbonyl (C=O) groups excluding carboxylic acids is 1. The minimum absolute atomic E-state index is 0.129. The van der Waals surface area contributed by atoms with Gasteiger partial charge in [-0.3, -0.25) is 4.90 Å². The summed E-state index contributed by atoms with van der Waals surface area (Å²) < 4.78 is 25.5. The molecule has 0 bridgehead atoms. The van der Waals surface area contributed by atoms with E-state index >= 15 is 0 Å². The molecule has 0 radical (unpaired) electrons. The van der Waals surface area contributed by atoms with E-state index in [1.807, 2.05) is 31.2 Å². The van der Waals surface area contributed by atoms with E-state index in [0.29, 0.717) is 30.2 Å². The molecule has 0 fully saturated rings. The Morgan fingerprint density at radius 2 is 1.91 bits per heavy atom. The Morgan fingerprint density at radius 3 is 2.56 bits per heavy atom. The van der Waals surface area contributed by atoms with Crippen LogP contribution in [0.2, 0.25) is 0 Å². The van der Waals surface area contributed by atoms with Gasteiger partial charge in [-0.25, -0.2) is 9.18 Å². The Kier molecular flexibility index (Phi) is 8.33. The molecular formula is C25H34FN3O3. The fraction of sp³-hybridized carbons (Fsp3) is 0.480. The van der Waals surface area contributed by atoms with Gasteiger partial charge in [0.2, 0.25) is 0 Å². The van der Waals surface area contributed by atoms with Crippen molar-refractivity contribution in [2.45, 2.75) is 51.7 Å². The van der Waals surface area contributed by atoms with Crippen molar-refractivity contribution in [3.05, 3.63) is 58.9 Å². The first kappa shape index (κ1) is 23.9. The van der Waals surface area contributed by atoms with Crippen LogP contribution in [-0.2, 0) is 13.0 Å². The van der Waals surface area contributed by atoms with Crippen LogP contribution in [0, 0.1) is 5.82 Å². The molecule has 7 heteroatoms. The Labute approximate surface area is 190 Å². The summed E-state index contributed by atoms with van der Waals surface area (Å²) in [6, 6.07) is 10.4. The molecule has 1 aliphatic heterocycles. The quantitative estimate of drug-likeness (QED) is 0.602. The zero-order chi connectivity index (χ0) is 23.1. The average molecular weight is 444 g/mol. The maximum absolute atomic E-state index is 14.5. The second-order valence-corrected chi connectivity index (χ2v) is 8.08. The van der Waals surface area contributed by atoms with Crippen LogP contribution in [0.1, 0.15) is 49.4 Å². The predicted molar refractivity (Wildman–Crippen MR) is 124 cm³/mol. The highest BCUT2D eigenvalue weighted by Crippen LogP contribution is 2.40. The van der Waals surface area contributed by atoms with Crippen LogP contribution in [0.25, 0.3) is 0 Å². The Bertz CT molecular complexity index is 921. The highest BCUT2D eigenvalue weighted by Gasteiger charge is 2.35. The molecule has 32 heavy (non-hydrogen) atoms. The number of urea groups is 1. The van der Waals surface area contributed by atoms with Gasteiger partial charge in [0.05, 0.1) is 26.3 Å². The summed E-state index contributed by atoms with van der Waals surface area (Å²) in [7, 11) is 3.25. The van der Waals surface area contributed by atoms with E-state index in [1.54, 1.807) is 20.3 Å². The molecule has 0 aliphatic carbocycles. The Hall–Kier alpha value is -2.80. The highest BCUT2D eigenvalue weighted by molar-refractivity contribution is 5.74. The van der Waals surface area contributed by atoms with Crippen LogP contribution in [0.5, 0.6) is 11.5 Å². The van der Waals surface area contributed by atoms with Gasteiger partial charge in [-0.1, -0.05) is 32.0 Å². The molecule has 174 valence electrons. The number of nitrogens with zero attached hydrogens (tertiary/aromatic N) is 1. The largest absolute Gasteiger partial charge is 0.493 e. The van der Waals surface area contributed by atoms with Gasteiger partial charge in [0.25, 0.3) is 0 Å². The number of carbonyl (C=O) groups is 1. The lowest BCUT2D eigenvalue weighted by Crippen LogP contribution is -2.51. The Balaban J connectivity index is 2.00. The van der Waals surface area contributed by atoms with Gasteiger partial charge < -0.3 is 20.1 Å². The van der Waals surface area contributed by atoms with E-state index in [-0.39, 0.29) is 23.9 Å². The zero-order valence-corrected chi connectivity index (χ0v) is 19.4. The van der Waals surface area contributed by atoms with Crippen molar-refractivity contribution >= 4 is 6.03 Å². The molecule has 2 unspecified atom stereocenters. The van der Waals surface area contributed by atoms with Gasteiger partial charge in [0.15, 0.2) is 11.5 Å². The first-order chi connectivity index (χ1) is 15.5. The van der Waals surface area contributed by atoms with Crippen LogP contribution in [0.15, 0.2) is 36.4 Å². The molecule has 2 N–H and O–H groups in total. The number of amides is 2. The molecule has 1 aliphatic rings. The summed E-state index contributed by atoms with van der Waals surface area (Å²) in [5.41, 5.74) is 2.88. The van der Waals surface area contributed by atoms with E-state index in [1.165, 1.54) is 6.07 Å². The van der Waals surface area contributed by atoms with Gasteiger partial charge in [-0.2, -0.15) is 0 Å². The normalized spacial score (nSPS) is 16.7. The van der Waals surface area contributed by atoms with Crippen LogP contribution in [-0.4, -0.2) is 44.3 Å². The molecule has 0 aromatic heterocycles. The number of hydrogen-bond donors (Lipinski definition) is 2. The standard InChI is InChI=1S/C25H34FN3O3/c1-5-12-27-25(30)28-21(6-2)24-19-15-23(32-4)22(31-3)14-17(19)11-13-29(24)16-18-9-7-8-10-20(18)26/h7-10,14-15,21,24H,5-6,11-13,16H2,1-4H3,(H2,27,28,30). The molecule has 2 aromatic rings. The number of hydrogen-bond acceptors (Lipinski definition) is 4. The number of halogens is 1. The number of ether oxygens (including phenoxy) is 2. The lowest BCUT2D eigenvalue weighted by atomic mass is 9.86. The van der Waals surface area contributed by atoms with Crippen LogP contribution < -0.4 is 20.1 Å². The van der Waals surface area contributed by atoms with Gasteiger partial charge in [-0.05, 0) is 48.6 Å². The highest BCUT2D eigenvalue weighted by atomic mass is 19.1. The average Bonchev–Trinajstić information content (AvgIpc) is 2.81. The summed E-state index contributed by atoms with van der Waals surface area (Å²) in [5, 5.41) is 6.05. The van der Waals surface area contributed by atoms with E-state index in [0.717, 1.165) is 36.9 Å². The fourth-order valence-electron chi connectivity index (χ4n) is 4.38. The number of rotatable bonds is 9. The minimum Gasteiger partial charge on any atom is -0.493 e. The fourth-order valence-corrected chi connectivity index (χ4v) is 4.38. The van der Waals surface area contributed by atoms with Gasteiger partial charge >= 0.3 is 6.03 Å². The van der Waals surface area contributed by atoms with Gasteiger partial charge in [0, 0.05) is 25.2 Å². The van der Waals surface area contributed by atoms with E-state index in [9.17, 15) is 9.18 Å². The van der Waals surface area contributed by atoms with Crippen molar-refractivity contribution in [1.82, 2.24) is 15.5 Å². The van der Waals surface area contributed by atoms with Crippen LogP contribution in [0.3, 0.4) is 0 Å². The van der Waals surface area contributed by atoms with E-state index in [2.05, 4.69) is 22.5 Å². The molecule has 2 amide bonds. The summed E-state index contributed by atoms with van der Waals surface area (Å²) in [6.45, 7) is 5.90. The molecule has 0 spiro atoms. The molecule has 0 saturated carbocycles. The minimum atomic E-state index is -0.217. The van der Waals surface area contributed by atoms with Gasteiger partial charge in [-0.15, -0.1) is 0 Å². The van der Waals surface area contributed by atoms with E-state index in [4.69, 9.17) is 9.47 Å². The first-order valence-corrected chi connectivity index (χ1v) is 11.3. The predicted octanol–water partition coefficient (Wildman–Crippen LogP) is 4.43. The maximum atomic E-state index is 14.5.